The highest BCUT2D eigenvalue weighted by Gasteiger charge is 2.19. The molecule has 0 atom stereocenters. The number of nitro groups is 1. The van der Waals surface area contributed by atoms with Crippen LogP contribution in [0, 0.1) is 10.1 Å². The Labute approximate surface area is 183 Å². The second-order valence-corrected chi connectivity index (χ2v) is 7.62. The van der Waals surface area contributed by atoms with Crippen molar-refractivity contribution in [3.05, 3.63) is 98.1 Å². The van der Waals surface area contributed by atoms with Crippen LogP contribution in [0.25, 0.3) is 0 Å². The van der Waals surface area contributed by atoms with E-state index >= 15 is 0 Å². The van der Waals surface area contributed by atoms with Crippen molar-refractivity contribution in [3.8, 4) is 0 Å². The number of hydrogen-bond donors (Lipinski definition) is 2. The summed E-state index contributed by atoms with van der Waals surface area (Å²) in [4.78, 5) is 35.8. The summed E-state index contributed by atoms with van der Waals surface area (Å²) in [7, 11) is 0. The number of nitrogens with zero attached hydrogens (tertiary/aromatic N) is 1. The van der Waals surface area contributed by atoms with Gasteiger partial charge in [-0.15, -0.1) is 0 Å². The predicted octanol–water partition coefficient (Wildman–Crippen LogP) is 5.24. The van der Waals surface area contributed by atoms with E-state index in [1.54, 1.807) is 24.3 Å². The highest BCUT2D eigenvalue weighted by molar-refractivity contribution is 6.34. The zero-order valence-electron chi connectivity index (χ0n) is 16.4. The smallest absolute Gasteiger partial charge is 0.270 e. The van der Waals surface area contributed by atoms with Gasteiger partial charge in [0.1, 0.15) is 0 Å². The normalized spacial score (nSPS) is 12.2. The van der Waals surface area contributed by atoms with E-state index in [1.807, 2.05) is 18.2 Å². The minimum absolute atomic E-state index is 0.0493. The van der Waals surface area contributed by atoms with Crippen molar-refractivity contribution in [2.75, 3.05) is 10.6 Å². The van der Waals surface area contributed by atoms with Gasteiger partial charge in [-0.2, -0.15) is 0 Å². The molecule has 3 aromatic carbocycles. The number of aryl methyl sites for hydroxylation is 2. The summed E-state index contributed by atoms with van der Waals surface area (Å²) >= 11 is 6.05. The van der Waals surface area contributed by atoms with Crippen molar-refractivity contribution in [2.24, 2.45) is 0 Å². The number of para-hydroxylation sites is 1. The van der Waals surface area contributed by atoms with Gasteiger partial charge in [0.2, 0.25) is 0 Å². The molecule has 2 amide bonds. The van der Waals surface area contributed by atoms with Crippen molar-refractivity contribution >= 4 is 40.5 Å². The Balaban J connectivity index is 1.54. The summed E-state index contributed by atoms with van der Waals surface area (Å²) in [5.74, 6) is -0.929. The van der Waals surface area contributed by atoms with Gasteiger partial charge in [0.15, 0.2) is 0 Å². The predicted molar refractivity (Wildman–Crippen MR) is 119 cm³/mol. The van der Waals surface area contributed by atoms with E-state index in [1.165, 1.54) is 23.3 Å². The van der Waals surface area contributed by atoms with Crippen LogP contribution in [-0.2, 0) is 12.8 Å². The Morgan fingerprint density at radius 3 is 2.39 bits per heavy atom. The summed E-state index contributed by atoms with van der Waals surface area (Å²) < 4.78 is 0. The first-order valence-corrected chi connectivity index (χ1v) is 10.1. The molecule has 31 heavy (non-hydrogen) atoms. The molecule has 0 aliphatic heterocycles. The van der Waals surface area contributed by atoms with Crippen molar-refractivity contribution < 1.29 is 14.5 Å². The molecule has 7 nitrogen and oxygen atoms in total. The van der Waals surface area contributed by atoms with E-state index < -0.39 is 10.8 Å². The zero-order chi connectivity index (χ0) is 22.0. The van der Waals surface area contributed by atoms with Crippen LogP contribution >= 0.6 is 11.6 Å². The van der Waals surface area contributed by atoms with Gasteiger partial charge < -0.3 is 10.6 Å². The molecule has 0 unspecified atom stereocenters. The van der Waals surface area contributed by atoms with E-state index in [0.717, 1.165) is 25.3 Å². The van der Waals surface area contributed by atoms with Crippen LogP contribution < -0.4 is 10.6 Å². The van der Waals surface area contributed by atoms with Gasteiger partial charge in [-0.05, 0) is 60.7 Å². The average Bonchev–Trinajstić information content (AvgIpc) is 3.21. The molecule has 0 saturated carbocycles. The topological polar surface area (TPSA) is 101 Å². The quantitative estimate of drug-likeness (QED) is 0.422. The van der Waals surface area contributed by atoms with Gasteiger partial charge in [-0.1, -0.05) is 29.8 Å². The van der Waals surface area contributed by atoms with E-state index in [9.17, 15) is 19.7 Å². The maximum absolute atomic E-state index is 12.9. The monoisotopic (exact) mass is 435 g/mol. The van der Waals surface area contributed by atoms with Crippen LogP contribution in [-0.4, -0.2) is 16.7 Å². The standard InChI is InChI=1S/C23H18ClN3O4/c24-20-13-17(27(30)31)10-11-18(20)22(28)26-21-7-2-1-6-19(21)23(29)25-16-9-8-14-4-3-5-15(14)12-16/h1-2,6-13H,3-5H2,(H,25,29)(H,26,28). The number of nitro benzene ring substituents is 1. The fourth-order valence-corrected chi connectivity index (χ4v) is 3.89. The Bertz CT molecular complexity index is 1210. The third-order valence-corrected chi connectivity index (χ3v) is 5.50. The number of hydrogen-bond acceptors (Lipinski definition) is 4. The average molecular weight is 436 g/mol. The van der Waals surface area contributed by atoms with Gasteiger partial charge >= 0.3 is 0 Å². The molecule has 0 radical (unpaired) electrons. The van der Waals surface area contributed by atoms with Gasteiger partial charge in [0.05, 0.1) is 26.8 Å². The fraction of sp³-hybridized carbons (Fsp3) is 0.130. The number of non-ortho nitro benzene ring substituents is 1. The molecule has 0 heterocycles. The fourth-order valence-electron chi connectivity index (χ4n) is 3.63. The molecular formula is C23H18ClN3O4. The molecule has 0 aromatic heterocycles. The second-order valence-electron chi connectivity index (χ2n) is 7.21. The number of anilines is 2. The SMILES string of the molecule is O=C(Nc1ccccc1C(=O)Nc1ccc2c(c1)CCC2)c1ccc([N+](=O)[O-])cc1Cl. The molecule has 3 aromatic rings. The van der Waals surface area contributed by atoms with Crippen LogP contribution in [0.15, 0.2) is 60.7 Å². The number of amides is 2. The van der Waals surface area contributed by atoms with E-state index in [-0.39, 0.29) is 27.7 Å². The molecule has 0 bridgehead atoms. The summed E-state index contributed by atoms with van der Waals surface area (Å²) in [6.07, 6.45) is 3.18. The first kappa shape index (κ1) is 20.6. The van der Waals surface area contributed by atoms with E-state index in [4.69, 9.17) is 11.6 Å². The molecule has 1 aliphatic carbocycles. The van der Waals surface area contributed by atoms with Gasteiger partial charge in [-0.3, -0.25) is 19.7 Å². The van der Waals surface area contributed by atoms with Gasteiger partial charge in [0, 0.05) is 17.8 Å². The number of carbonyl (C=O) groups is 2. The molecule has 0 saturated heterocycles. The summed E-state index contributed by atoms with van der Waals surface area (Å²) in [5.41, 5.74) is 3.70. The number of halogens is 1. The summed E-state index contributed by atoms with van der Waals surface area (Å²) in [6, 6.07) is 16.1. The van der Waals surface area contributed by atoms with Gasteiger partial charge in [-0.25, -0.2) is 0 Å². The Kier molecular flexibility index (Phi) is 5.68. The molecule has 156 valence electrons. The van der Waals surface area contributed by atoms with Crippen molar-refractivity contribution in [2.45, 2.75) is 19.3 Å². The molecule has 1 aliphatic rings. The van der Waals surface area contributed by atoms with E-state index in [2.05, 4.69) is 10.6 Å². The van der Waals surface area contributed by atoms with Crippen LogP contribution in [0.2, 0.25) is 5.02 Å². The third-order valence-electron chi connectivity index (χ3n) is 5.18. The zero-order valence-corrected chi connectivity index (χ0v) is 17.1. The second kappa shape index (κ2) is 8.57. The summed E-state index contributed by atoms with van der Waals surface area (Å²) in [5, 5.41) is 16.4. The maximum atomic E-state index is 12.9. The molecule has 4 rings (SSSR count). The van der Waals surface area contributed by atoms with Crippen LogP contribution in [0.5, 0.6) is 0 Å². The number of nitrogens with one attached hydrogen (secondary N) is 2. The molecule has 0 spiro atoms. The molecule has 8 heteroatoms. The lowest BCUT2D eigenvalue weighted by atomic mass is 10.1. The molecule has 2 N–H and O–H groups in total. The number of carbonyl (C=O) groups excluding carboxylic acids is 2. The van der Waals surface area contributed by atoms with Gasteiger partial charge in [0.25, 0.3) is 17.5 Å². The first-order chi connectivity index (χ1) is 14.9. The molecule has 0 fully saturated rings. The van der Waals surface area contributed by atoms with Crippen molar-refractivity contribution in [1.29, 1.82) is 0 Å². The van der Waals surface area contributed by atoms with E-state index in [0.29, 0.717) is 11.4 Å². The number of benzene rings is 3. The third kappa shape index (κ3) is 4.41. The minimum atomic E-state index is -0.591. The lowest BCUT2D eigenvalue weighted by Gasteiger charge is -2.13. The number of rotatable bonds is 5. The van der Waals surface area contributed by atoms with Crippen LogP contribution in [0.1, 0.15) is 38.3 Å². The van der Waals surface area contributed by atoms with Crippen molar-refractivity contribution in [1.82, 2.24) is 0 Å². The largest absolute Gasteiger partial charge is 0.322 e. The Hall–Kier alpha value is -3.71. The Morgan fingerprint density at radius 1 is 0.871 bits per heavy atom. The highest BCUT2D eigenvalue weighted by atomic mass is 35.5. The summed E-state index contributed by atoms with van der Waals surface area (Å²) in [6.45, 7) is 0. The number of fused-ring (bicyclic) bond motifs is 1. The first-order valence-electron chi connectivity index (χ1n) is 9.70. The maximum Gasteiger partial charge on any atom is 0.270 e. The Morgan fingerprint density at radius 2 is 1.61 bits per heavy atom. The van der Waals surface area contributed by atoms with Crippen LogP contribution in [0.4, 0.5) is 17.1 Å². The van der Waals surface area contributed by atoms with Crippen LogP contribution in [0.3, 0.4) is 0 Å². The lowest BCUT2D eigenvalue weighted by molar-refractivity contribution is -0.384. The van der Waals surface area contributed by atoms with Crippen molar-refractivity contribution in [3.63, 3.8) is 0 Å². The minimum Gasteiger partial charge on any atom is -0.322 e. The molecular weight excluding hydrogens is 418 g/mol. The lowest BCUT2D eigenvalue weighted by Crippen LogP contribution is -2.18. The highest BCUT2D eigenvalue weighted by Crippen LogP contribution is 2.27.